The van der Waals surface area contributed by atoms with Crippen LogP contribution in [0.3, 0.4) is 0 Å². The first-order valence-corrected chi connectivity index (χ1v) is 8.26. The van der Waals surface area contributed by atoms with Crippen LogP contribution in [0.25, 0.3) is 0 Å². The van der Waals surface area contributed by atoms with E-state index in [1.54, 1.807) is 21.1 Å². The predicted molar refractivity (Wildman–Crippen MR) is 99.1 cm³/mol. The quantitative estimate of drug-likeness (QED) is 0.838. The monoisotopic (exact) mass is 339 g/mol. The number of benzene rings is 2. The van der Waals surface area contributed by atoms with Crippen molar-refractivity contribution in [3.05, 3.63) is 71.8 Å². The van der Waals surface area contributed by atoms with Gasteiger partial charge in [0.05, 0.1) is 19.1 Å². The van der Waals surface area contributed by atoms with E-state index in [0.29, 0.717) is 0 Å². The average Bonchev–Trinajstić information content (AvgIpc) is 2.63. The van der Waals surface area contributed by atoms with Gasteiger partial charge in [0.2, 0.25) is 11.8 Å². The third kappa shape index (κ3) is 5.43. The van der Waals surface area contributed by atoms with Gasteiger partial charge in [-0.1, -0.05) is 60.7 Å². The van der Waals surface area contributed by atoms with E-state index in [-0.39, 0.29) is 30.9 Å². The van der Waals surface area contributed by atoms with E-state index in [0.717, 1.165) is 11.1 Å². The minimum absolute atomic E-state index is 0.0782. The second-order valence-electron chi connectivity index (χ2n) is 6.17. The van der Waals surface area contributed by atoms with Crippen molar-refractivity contribution in [2.24, 2.45) is 0 Å². The zero-order valence-electron chi connectivity index (χ0n) is 15.0. The number of rotatable bonds is 7. The van der Waals surface area contributed by atoms with Gasteiger partial charge in [0.15, 0.2) is 0 Å². The molecule has 2 rings (SSSR count). The highest BCUT2D eigenvalue weighted by Gasteiger charge is 2.18. The lowest BCUT2D eigenvalue weighted by Crippen LogP contribution is -2.42. The van der Waals surface area contributed by atoms with Crippen molar-refractivity contribution in [1.29, 1.82) is 0 Å². The second-order valence-corrected chi connectivity index (χ2v) is 6.17. The molecule has 5 nitrogen and oxygen atoms in total. The van der Waals surface area contributed by atoms with Gasteiger partial charge in [-0.2, -0.15) is 0 Å². The lowest BCUT2D eigenvalue weighted by atomic mass is 9.99. The minimum atomic E-state index is -0.118. The highest BCUT2D eigenvalue weighted by Crippen LogP contribution is 2.21. The van der Waals surface area contributed by atoms with E-state index in [2.05, 4.69) is 5.32 Å². The summed E-state index contributed by atoms with van der Waals surface area (Å²) in [7, 11) is 5.00. The highest BCUT2D eigenvalue weighted by molar-refractivity contribution is 5.85. The fraction of sp³-hybridized carbons (Fsp3) is 0.300. The molecule has 0 aromatic heterocycles. The number of hydrogen-bond acceptors (Lipinski definition) is 3. The molecule has 0 aliphatic carbocycles. The fourth-order valence-electron chi connectivity index (χ4n) is 2.48. The van der Waals surface area contributed by atoms with Gasteiger partial charge in [0.25, 0.3) is 0 Å². The number of carbonyl (C=O) groups is 2. The summed E-state index contributed by atoms with van der Waals surface area (Å²) in [4.78, 5) is 27.0. The van der Waals surface area contributed by atoms with Crippen LogP contribution >= 0.6 is 0 Å². The molecule has 0 aliphatic rings. The standard InChI is InChI=1S/C20H25N3O2/c1-22(2)19(25)15-23(3)18(24)14-21-20(16-10-6-4-7-11-16)17-12-8-5-9-13-17/h4-13,20-21H,14-15H2,1-3H3. The van der Waals surface area contributed by atoms with E-state index in [4.69, 9.17) is 0 Å². The number of hydrogen-bond donors (Lipinski definition) is 1. The van der Waals surface area contributed by atoms with Gasteiger partial charge < -0.3 is 9.80 Å². The second kappa shape index (κ2) is 8.99. The van der Waals surface area contributed by atoms with Crippen LogP contribution in [0.5, 0.6) is 0 Å². The van der Waals surface area contributed by atoms with Crippen LogP contribution in [0.4, 0.5) is 0 Å². The van der Waals surface area contributed by atoms with Crippen molar-refractivity contribution in [3.8, 4) is 0 Å². The largest absolute Gasteiger partial charge is 0.347 e. The Morgan fingerprint density at radius 2 is 1.32 bits per heavy atom. The Labute approximate surface area is 149 Å². The molecule has 0 fully saturated rings. The molecule has 0 atom stereocenters. The van der Waals surface area contributed by atoms with Gasteiger partial charge in [-0.15, -0.1) is 0 Å². The Hall–Kier alpha value is -2.66. The van der Waals surface area contributed by atoms with Crippen molar-refractivity contribution < 1.29 is 9.59 Å². The van der Waals surface area contributed by atoms with E-state index >= 15 is 0 Å². The number of nitrogens with zero attached hydrogens (tertiary/aromatic N) is 2. The fourth-order valence-corrected chi connectivity index (χ4v) is 2.48. The molecule has 5 heteroatoms. The minimum Gasteiger partial charge on any atom is -0.347 e. The SMILES string of the molecule is CN(C)C(=O)CN(C)C(=O)CNC(c1ccccc1)c1ccccc1. The number of nitrogens with one attached hydrogen (secondary N) is 1. The topological polar surface area (TPSA) is 52.7 Å². The molecule has 132 valence electrons. The molecular weight excluding hydrogens is 314 g/mol. The molecule has 2 amide bonds. The van der Waals surface area contributed by atoms with Gasteiger partial charge in [0, 0.05) is 21.1 Å². The van der Waals surface area contributed by atoms with Gasteiger partial charge in [-0.25, -0.2) is 0 Å². The van der Waals surface area contributed by atoms with Crippen molar-refractivity contribution in [3.63, 3.8) is 0 Å². The maximum absolute atomic E-state index is 12.4. The van der Waals surface area contributed by atoms with Gasteiger partial charge in [0.1, 0.15) is 0 Å². The Balaban J connectivity index is 2.05. The molecule has 0 saturated carbocycles. The summed E-state index contributed by atoms with van der Waals surface area (Å²) < 4.78 is 0. The predicted octanol–water partition coefficient (Wildman–Crippen LogP) is 1.91. The van der Waals surface area contributed by atoms with Crippen molar-refractivity contribution >= 4 is 11.8 Å². The summed E-state index contributed by atoms with van der Waals surface area (Å²) >= 11 is 0. The molecule has 2 aromatic carbocycles. The summed E-state index contributed by atoms with van der Waals surface area (Å²) in [6, 6.07) is 19.9. The molecule has 0 aliphatic heterocycles. The molecule has 25 heavy (non-hydrogen) atoms. The molecule has 2 aromatic rings. The Kier molecular flexibility index (Phi) is 6.71. The molecule has 0 bridgehead atoms. The van der Waals surface area contributed by atoms with Gasteiger partial charge in [-0.3, -0.25) is 14.9 Å². The van der Waals surface area contributed by atoms with Crippen LogP contribution in [0.1, 0.15) is 17.2 Å². The van der Waals surface area contributed by atoms with Crippen LogP contribution < -0.4 is 5.32 Å². The summed E-state index contributed by atoms with van der Waals surface area (Å²) in [6.45, 7) is 0.237. The first kappa shape index (κ1) is 18.7. The lowest BCUT2D eigenvalue weighted by Gasteiger charge is -2.23. The third-order valence-electron chi connectivity index (χ3n) is 4.02. The zero-order valence-corrected chi connectivity index (χ0v) is 15.0. The number of carbonyl (C=O) groups excluding carboxylic acids is 2. The smallest absolute Gasteiger partial charge is 0.241 e. The molecule has 0 heterocycles. The van der Waals surface area contributed by atoms with Crippen LogP contribution in [-0.2, 0) is 9.59 Å². The normalized spacial score (nSPS) is 10.6. The number of likely N-dealkylation sites (N-methyl/N-ethyl adjacent to an activating group) is 2. The Morgan fingerprint density at radius 3 is 1.76 bits per heavy atom. The molecule has 0 radical (unpaired) electrons. The molecule has 0 saturated heterocycles. The van der Waals surface area contributed by atoms with Crippen LogP contribution in [0, 0.1) is 0 Å². The Morgan fingerprint density at radius 1 is 0.840 bits per heavy atom. The highest BCUT2D eigenvalue weighted by atomic mass is 16.2. The van der Waals surface area contributed by atoms with Crippen LogP contribution in [0.15, 0.2) is 60.7 Å². The molecule has 0 unspecified atom stereocenters. The van der Waals surface area contributed by atoms with Crippen LogP contribution in [-0.4, -0.2) is 55.8 Å². The van der Waals surface area contributed by atoms with Crippen molar-refractivity contribution in [1.82, 2.24) is 15.1 Å². The average molecular weight is 339 g/mol. The third-order valence-corrected chi connectivity index (χ3v) is 4.02. The number of amides is 2. The molecular formula is C20H25N3O2. The summed E-state index contributed by atoms with van der Waals surface area (Å²) in [5.74, 6) is -0.217. The first-order chi connectivity index (χ1) is 12.0. The van der Waals surface area contributed by atoms with Crippen LogP contribution in [0.2, 0.25) is 0 Å². The lowest BCUT2D eigenvalue weighted by molar-refractivity contribution is -0.137. The molecule has 0 spiro atoms. The zero-order chi connectivity index (χ0) is 18.2. The maximum Gasteiger partial charge on any atom is 0.241 e. The van der Waals surface area contributed by atoms with Gasteiger partial charge in [-0.05, 0) is 11.1 Å². The van der Waals surface area contributed by atoms with Crippen molar-refractivity contribution in [2.75, 3.05) is 34.2 Å². The van der Waals surface area contributed by atoms with Gasteiger partial charge >= 0.3 is 0 Å². The van der Waals surface area contributed by atoms with Crippen molar-refractivity contribution in [2.45, 2.75) is 6.04 Å². The van der Waals surface area contributed by atoms with E-state index in [9.17, 15) is 9.59 Å². The van der Waals surface area contributed by atoms with E-state index < -0.39 is 0 Å². The Bertz CT molecular complexity index is 647. The van der Waals surface area contributed by atoms with E-state index in [1.165, 1.54) is 9.80 Å². The summed E-state index contributed by atoms with van der Waals surface area (Å²) in [6.07, 6.45) is 0. The first-order valence-electron chi connectivity index (χ1n) is 8.26. The maximum atomic E-state index is 12.4. The summed E-state index contributed by atoms with van der Waals surface area (Å²) in [5, 5.41) is 3.32. The van der Waals surface area contributed by atoms with E-state index in [1.807, 2.05) is 60.7 Å². The molecule has 1 N–H and O–H groups in total. The summed E-state index contributed by atoms with van der Waals surface area (Å²) in [5.41, 5.74) is 2.18.